The summed E-state index contributed by atoms with van der Waals surface area (Å²) in [4.78, 5) is 28.1. The van der Waals surface area contributed by atoms with E-state index in [9.17, 15) is 9.59 Å². The number of nitrogens with one attached hydrogen (secondary N) is 1. The zero-order valence-corrected chi connectivity index (χ0v) is 17.9. The Labute approximate surface area is 179 Å². The molecule has 0 aliphatic heterocycles. The van der Waals surface area contributed by atoms with E-state index in [0.717, 1.165) is 17.0 Å². The predicted octanol–water partition coefficient (Wildman–Crippen LogP) is 3.23. The van der Waals surface area contributed by atoms with Crippen molar-refractivity contribution in [2.75, 3.05) is 18.2 Å². The maximum atomic E-state index is 12.6. The molecule has 0 spiro atoms. The maximum Gasteiger partial charge on any atom is 0.221 e. The van der Waals surface area contributed by atoms with Gasteiger partial charge in [0, 0.05) is 49.1 Å². The van der Waals surface area contributed by atoms with Crippen LogP contribution >= 0.6 is 11.8 Å². The van der Waals surface area contributed by atoms with Gasteiger partial charge in [-0.15, -0.1) is 10.2 Å². The predicted molar refractivity (Wildman–Crippen MR) is 116 cm³/mol. The molecule has 3 aromatic rings. The van der Waals surface area contributed by atoms with Crippen molar-refractivity contribution in [2.24, 2.45) is 0 Å². The summed E-state index contributed by atoms with van der Waals surface area (Å²) in [5.41, 5.74) is 2.23. The molecule has 0 fully saturated rings. The van der Waals surface area contributed by atoms with Gasteiger partial charge in [-0.1, -0.05) is 11.8 Å². The number of nitrogens with zero attached hydrogens (tertiary/aromatic N) is 4. The van der Waals surface area contributed by atoms with Crippen molar-refractivity contribution < 1.29 is 14.3 Å². The quantitative estimate of drug-likeness (QED) is 0.526. The third-order valence-electron chi connectivity index (χ3n) is 4.30. The maximum absolute atomic E-state index is 12.6. The number of anilines is 1. The molecule has 9 heteroatoms. The normalized spacial score (nSPS) is 10.6. The van der Waals surface area contributed by atoms with E-state index in [4.69, 9.17) is 4.74 Å². The fourth-order valence-corrected chi connectivity index (χ4v) is 3.86. The van der Waals surface area contributed by atoms with Crippen LogP contribution in [0.3, 0.4) is 0 Å². The molecule has 0 atom stereocenters. The van der Waals surface area contributed by atoms with Gasteiger partial charge in [-0.2, -0.15) is 0 Å². The Bertz CT molecular complexity index is 1040. The number of thioether (sulfide) groups is 1. The van der Waals surface area contributed by atoms with Crippen LogP contribution in [0.15, 0.2) is 47.9 Å². The molecule has 2 aromatic heterocycles. The van der Waals surface area contributed by atoms with Gasteiger partial charge in [-0.3, -0.25) is 14.6 Å². The zero-order chi connectivity index (χ0) is 21.5. The second-order valence-corrected chi connectivity index (χ2v) is 7.45. The number of ketones is 1. The average molecular weight is 426 g/mol. The second kappa shape index (κ2) is 10.0. The van der Waals surface area contributed by atoms with Crippen molar-refractivity contribution in [1.82, 2.24) is 19.7 Å². The van der Waals surface area contributed by atoms with E-state index in [1.165, 1.54) is 18.7 Å². The number of ether oxygens (including phenoxy) is 1. The molecule has 1 amide bonds. The topological polar surface area (TPSA) is 99.0 Å². The number of hydrogen-bond acceptors (Lipinski definition) is 7. The van der Waals surface area contributed by atoms with Gasteiger partial charge in [-0.05, 0) is 37.3 Å². The molecule has 0 saturated heterocycles. The zero-order valence-electron chi connectivity index (χ0n) is 17.1. The van der Waals surface area contributed by atoms with Crippen LogP contribution in [0.1, 0.15) is 19.4 Å². The third-order valence-corrected chi connectivity index (χ3v) is 5.33. The summed E-state index contributed by atoms with van der Waals surface area (Å²) in [6.07, 6.45) is 3.64. The molecule has 0 aliphatic carbocycles. The van der Waals surface area contributed by atoms with E-state index in [-0.39, 0.29) is 23.9 Å². The van der Waals surface area contributed by atoms with E-state index in [1.807, 2.05) is 23.6 Å². The first kappa shape index (κ1) is 21.5. The summed E-state index contributed by atoms with van der Waals surface area (Å²) >= 11 is 1.35. The van der Waals surface area contributed by atoms with Crippen molar-refractivity contribution in [3.05, 3.63) is 48.3 Å². The summed E-state index contributed by atoms with van der Waals surface area (Å²) in [6.45, 7) is 4.13. The fourth-order valence-electron chi connectivity index (χ4n) is 3.00. The van der Waals surface area contributed by atoms with Crippen LogP contribution in [0.4, 0.5) is 5.69 Å². The Morgan fingerprint density at radius 2 is 2.07 bits per heavy atom. The molecular weight excluding hydrogens is 402 g/mol. The number of carbonyl (C=O) groups is 2. The van der Waals surface area contributed by atoms with Crippen molar-refractivity contribution >= 4 is 29.1 Å². The number of pyridine rings is 1. The van der Waals surface area contributed by atoms with E-state index in [0.29, 0.717) is 23.1 Å². The minimum Gasteiger partial charge on any atom is -0.496 e. The minimum atomic E-state index is -0.170. The average Bonchev–Trinajstić information content (AvgIpc) is 3.15. The van der Waals surface area contributed by atoms with E-state index >= 15 is 0 Å². The molecule has 0 bridgehead atoms. The lowest BCUT2D eigenvalue weighted by atomic mass is 10.1. The van der Waals surface area contributed by atoms with Crippen molar-refractivity contribution in [1.29, 1.82) is 0 Å². The highest BCUT2D eigenvalue weighted by Crippen LogP contribution is 2.26. The van der Waals surface area contributed by atoms with Crippen LogP contribution in [0.25, 0.3) is 11.4 Å². The first-order valence-corrected chi connectivity index (χ1v) is 10.4. The summed E-state index contributed by atoms with van der Waals surface area (Å²) in [5.74, 6) is 1.44. The Hall–Kier alpha value is -3.20. The number of methoxy groups -OCH3 is 1. The molecule has 0 aliphatic rings. The molecule has 1 N–H and O–H groups in total. The summed E-state index contributed by atoms with van der Waals surface area (Å²) in [7, 11) is 1.56. The Morgan fingerprint density at radius 1 is 1.23 bits per heavy atom. The van der Waals surface area contributed by atoms with Crippen LogP contribution < -0.4 is 10.1 Å². The van der Waals surface area contributed by atoms with Gasteiger partial charge in [0.2, 0.25) is 5.91 Å². The largest absolute Gasteiger partial charge is 0.496 e. The van der Waals surface area contributed by atoms with Gasteiger partial charge in [0.1, 0.15) is 11.5 Å². The summed E-state index contributed by atoms with van der Waals surface area (Å²) in [6, 6.07) is 9.03. The molecule has 2 heterocycles. The highest BCUT2D eigenvalue weighted by atomic mass is 32.2. The van der Waals surface area contributed by atoms with Gasteiger partial charge in [0.15, 0.2) is 11.0 Å². The van der Waals surface area contributed by atoms with Gasteiger partial charge in [0.05, 0.1) is 12.9 Å². The number of Topliss-reactive ketones (excluding diaryl/α,β-unsaturated/α-hetero) is 1. The number of amides is 1. The molecule has 0 saturated carbocycles. The first-order valence-electron chi connectivity index (χ1n) is 9.44. The lowest BCUT2D eigenvalue weighted by molar-refractivity contribution is -0.116. The molecule has 30 heavy (non-hydrogen) atoms. The SMILES string of the molecule is CCn1c(SCC(=O)Cc2cc(NC(C)=O)ccc2OC)nnc1-c1cccnc1. The van der Waals surface area contributed by atoms with Crippen LogP contribution in [0.2, 0.25) is 0 Å². The highest BCUT2D eigenvalue weighted by molar-refractivity contribution is 7.99. The lowest BCUT2D eigenvalue weighted by Gasteiger charge is -2.11. The van der Waals surface area contributed by atoms with Crippen LogP contribution in [0.5, 0.6) is 5.75 Å². The Morgan fingerprint density at radius 3 is 2.73 bits per heavy atom. The van der Waals surface area contributed by atoms with Gasteiger partial charge in [-0.25, -0.2) is 0 Å². The smallest absolute Gasteiger partial charge is 0.221 e. The number of hydrogen-bond donors (Lipinski definition) is 1. The van der Waals surface area contributed by atoms with Crippen LogP contribution in [-0.2, 0) is 22.6 Å². The molecule has 8 nitrogen and oxygen atoms in total. The number of benzene rings is 1. The Kier molecular flexibility index (Phi) is 7.18. The minimum absolute atomic E-state index is 0.0202. The monoisotopic (exact) mass is 425 g/mol. The highest BCUT2D eigenvalue weighted by Gasteiger charge is 2.16. The number of carbonyl (C=O) groups excluding carboxylic acids is 2. The van der Waals surface area contributed by atoms with Crippen molar-refractivity contribution in [3.8, 4) is 17.1 Å². The molecule has 0 unspecified atom stereocenters. The molecule has 0 radical (unpaired) electrons. The van der Waals surface area contributed by atoms with E-state index in [2.05, 4.69) is 20.5 Å². The number of aromatic nitrogens is 4. The van der Waals surface area contributed by atoms with Crippen molar-refractivity contribution in [3.63, 3.8) is 0 Å². The molecular formula is C21H23N5O3S. The molecule has 3 rings (SSSR count). The van der Waals surface area contributed by atoms with E-state index < -0.39 is 0 Å². The van der Waals surface area contributed by atoms with Gasteiger partial charge >= 0.3 is 0 Å². The van der Waals surface area contributed by atoms with Crippen molar-refractivity contribution in [2.45, 2.75) is 32.0 Å². The third kappa shape index (κ3) is 5.24. The van der Waals surface area contributed by atoms with Gasteiger partial charge in [0.25, 0.3) is 0 Å². The number of rotatable bonds is 9. The van der Waals surface area contributed by atoms with Crippen LogP contribution in [-0.4, -0.2) is 44.3 Å². The second-order valence-electron chi connectivity index (χ2n) is 6.50. The van der Waals surface area contributed by atoms with Gasteiger partial charge < -0.3 is 14.6 Å². The fraction of sp³-hybridized carbons (Fsp3) is 0.286. The molecule has 1 aromatic carbocycles. The van der Waals surface area contributed by atoms with E-state index in [1.54, 1.807) is 37.7 Å². The lowest BCUT2D eigenvalue weighted by Crippen LogP contribution is -2.10. The molecule has 156 valence electrons. The standard InChI is InChI=1S/C21H23N5O3S/c1-4-26-20(15-6-5-9-22-12-15)24-25-21(26)30-13-18(28)11-16-10-17(23-14(2)27)7-8-19(16)29-3/h5-10,12H,4,11,13H2,1-3H3,(H,23,27). The summed E-state index contributed by atoms with van der Waals surface area (Å²) in [5, 5.41) is 11.9. The summed E-state index contributed by atoms with van der Waals surface area (Å²) < 4.78 is 7.32. The first-order chi connectivity index (χ1) is 14.5. The van der Waals surface area contributed by atoms with Crippen LogP contribution in [0, 0.1) is 0 Å². The Balaban J connectivity index is 1.69.